The van der Waals surface area contributed by atoms with Crippen LogP contribution in [0.4, 0.5) is 4.79 Å². The minimum atomic E-state index is -0.155. The smallest absolute Gasteiger partial charge is 0.315 e. The first-order valence-electron chi connectivity index (χ1n) is 8.72. The molecule has 1 aliphatic heterocycles. The first-order chi connectivity index (χ1) is 12.3. The van der Waals surface area contributed by atoms with Gasteiger partial charge in [-0.3, -0.25) is 4.90 Å². The van der Waals surface area contributed by atoms with Gasteiger partial charge in [0.2, 0.25) is 0 Å². The van der Waals surface area contributed by atoms with Gasteiger partial charge in [0, 0.05) is 18.0 Å². The van der Waals surface area contributed by atoms with Gasteiger partial charge in [0.15, 0.2) is 0 Å². The Labute approximate surface area is 153 Å². The van der Waals surface area contributed by atoms with Crippen LogP contribution in [0.15, 0.2) is 47.8 Å². The molecule has 134 valence electrons. The summed E-state index contributed by atoms with van der Waals surface area (Å²) in [7, 11) is 0. The summed E-state index contributed by atoms with van der Waals surface area (Å²) in [6, 6.07) is 14.4. The van der Waals surface area contributed by atoms with Crippen molar-refractivity contribution < 1.29 is 9.53 Å². The third-order valence-electron chi connectivity index (χ3n) is 4.47. The lowest BCUT2D eigenvalue weighted by atomic mass is 9.98. The minimum absolute atomic E-state index is 0.0522. The number of carbonyl (C=O) groups is 1. The molecule has 0 radical (unpaired) electrons. The fourth-order valence-corrected chi connectivity index (χ4v) is 3.87. The second-order valence-electron chi connectivity index (χ2n) is 6.04. The zero-order chi connectivity index (χ0) is 17.5. The summed E-state index contributed by atoms with van der Waals surface area (Å²) in [4.78, 5) is 15.6. The largest absolute Gasteiger partial charge is 0.373 e. The third-order valence-corrected chi connectivity index (χ3v) is 5.35. The predicted octanol–water partition coefficient (Wildman–Crippen LogP) is 3.01. The number of nitrogens with one attached hydrogen (secondary N) is 2. The maximum absolute atomic E-state index is 12.1. The molecule has 25 heavy (non-hydrogen) atoms. The fraction of sp³-hybridized carbons (Fsp3) is 0.421. The molecule has 0 bridgehead atoms. The Morgan fingerprint density at radius 1 is 1.24 bits per heavy atom. The van der Waals surface area contributed by atoms with E-state index in [4.69, 9.17) is 4.74 Å². The van der Waals surface area contributed by atoms with Crippen LogP contribution >= 0.6 is 11.3 Å². The minimum Gasteiger partial charge on any atom is -0.373 e. The highest BCUT2D eigenvalue weighted by molar-refractivity contribution is 7.09. The van der Waals surface area contributed by atoms with Gasteiger partial charge in [-0.05, 0) is 23.6 Å². The monoisotopic (exact) mass is 359 g/mol. The zero-order valence-corrected chi connectivity index (χ0v) is 15.3. The van der Waals surface area contributed by atoms with E-state index in [9.17, 15) is 4.79 Å². The summed E-state index contributed by atoms with van der Waals surface area (Å²) in [5, 5.41) is 7.87. The summed E-state index contributed by atoms with van der Waals surface area (Å²) in [5.41, 5.74) is 1.23. The molecule has 0 saturated carbocycles. The lowest BCUT2D eigenvalue weighted by molar-refractivity contribution is -0.0681. The van der Waals surface area contributed by atoms with Crippen molar-refractivity contribution in [3.8, 4) is 0 Å². The van der Waals surface area contributed by atoms with Crippen molar-refractivity contribution in [3.05, 3.63) is 58.3 Å². The summed E-state index contributed by atoms with van der Waals surface area (Å²) in [5.74, 6) is 0. The van der Waals surface area contributed by atoms with Crippen molar-refractivity contribution in [1.29, 1.82) is 0 Å². The van der Waals surface area contributed by atoms with Gasteiger partial charge in [0.1, 0.15) is 0 Å². The molecule has 2 atom stereocenters. The summed E-state index contributed by atoms with van der Waals surface area (Å²) in [6.07, 6.45) is -0.0522. The molecule has 0 spiro atoms. The van der Waals surface area contributed by atoms with Crippen LogP contribution in [-0.2, 0) is 11.3 Å². The van der Waals surface area contributed by atoms with Gasteiger partial charge in [-0.2, -0.15) is 0 Å². The maximum Gasteiger partial charge on any atom is 0.315 e. The standard InChI is InChI=1S/C19H25N3O2S/c1-2-22-10-11-24-17(18(22)15-7-4-3-5-8-15)14-21-19(23)20-13-16-9-6-12-25-16/h3-9,12,17-18H,2,10-11,13-14H2,1H3,(H2,20,21,23)/t17-,18-/m0/s1. The average Bonchev–Trinajstić information content (AvgIpc) is 3.18. The molecular weight excluding hydrogens is 334 g/mol. The first kappa shape index (κ1) is 17.9. The number of amides is 2. The van der Waals surface area contributed by atoms with Crippen LogP contribution in [0.3, 0.4) is 0 Å². The number of rotatable bonds is 6. The second kappa shape index (κ2) is 8.99. The summed E-state index contributed by atoms with van der Waals surface area (Å²) < 4.78 is 6.00. The quantitative estimate of drug-likeness (QED) is 0.834. The van der Waals surface area contributed by atoms with Crippen LogP contribution in [0.5, 0.6) is 0 Å². The lowest BCUT2D eigenvalue weighted by Gasteiger charge is -2.41. The Morgan fingerprint density at radius 3 is 2.80 bits per heavy atom. The number of nitrogens with zero attached hydrogens (tertiary/aromatic N) is 1. The molecule has 2 N–H and O–H groups in total. The van der Waals surface area contributed by atoms with Gasteiger partial charge in [0.25, 0.3) is 0 Å². The SMILES string of the molecule is CCN1CCO[C@@H](CNC(=O)NCc2cccs2)[C@@H]1c1ccccc1. The molecule has 0 unspecified atom stereocenters. The predicted molar refractivity (Wildman–Crippen MR) is 101 cm³/mol. The number of carbonyl (C=O) groups excluding carboxylic acids is 1. The molecule has 6 heteroatoms. The number of urea groups is 1. The molecule has 1 saturated heterocycles. The van der Waals surface area contributed by atoms with E-state index in [1.807, 2.05) is 23.6 Å². The van der Waals surface area contributed by atoms with Gasteiger partial charge >= 0.3 is 6.03 Å². The molecule has 5 nitrogen and oxygen atoms in total. The Balaban J connectivity index is 1.58. The van der Waals surface area contributed by atoms with Gasteiger partial charge in [-0.25, -0.2) is 4.79 Å². The van der Waals surface area contributed by atoms with Gasteiger partial charge < -0.3 is 15.4 Å². The molecule has 1 fully saturated rings. The van der Waals surface area contributed by atoms with E-state index >= 15 is 0 Å². The molecule has 2 heterocycles. The van der Waals surface area contributed by atoms with Crippen LogP contribution in [0.1, 0.15) is 23.4 Å². The van der Waals surface area contributed by atoms with Crippen molar-refractivity contribution in [1.82, 2.24) is 15.5 Å². The Morgan fingerprint density at radius 2 is 2.08 bits per heavy atom. The highest BCUT2D eigenvalue weighted by Gasteiger charge is 2.32. The van der Waals surface area contributed by atoms with Crippen molar-refractivity contribution in [2.75, 3.05) is 26.2 Å². The number of hydrogen-bond donors (Lipinski definition) is 2. The van der Waals surface area contributed by atoms with Crippen molar-refractivity contribution in [3.63, 3.8) is 0 Å². The molecule has 2 aromatic rings. The van der Waals surface area contributed by atoms with E-state index in [1.54, 1.807) is 11.3 Å². The maximum atomic E-state index is 12.1. The topological polar surface area (TPSA) is 53.6 Å². The fourth-order valence-electron chi connectivity index (χ4n) is 3.22. The van der Waals surface area contributed by atoms with E-state index in [0.29, 0.717) is 19.7 Å². The molecular formula is C19H25N3O2S. The van der Waals surface area contributed by atoms with E-state index in [-0.39, 0.29) is 18.2 Å². The van der Waals surface area contributed by atoms with Crippen LogP contribution in [0, 0.1) is 0 Å². The molecule has 1 aromatic carbocycles. The number of benzene rings is 1. The number of ether oxygens (including phenoxy) is 1. The van der Waals surface area contributed by atoms with Crippen molar-refractivity contribution in [2.24, 2.45) is 0 Å². The van der Waals surface area contributed by atoms with Crippen LogP contribution in [0.2, 0.25) is 0 Å². The van der Waals surface area contributed by atoms with Gasteiger partial charge in [-0.15, -0.1) is 11.3 Å². The Bertz CT molecular complexity index is 648. The van der Waals surface area contributed by atoms with Crippen LogP contribution < -0.4 is 10.6 Å². The van der Waals surface area contributed by atoms with E-state index < -0.39 is 0 Å². The molecule has 3 rings (SSSR count). The van der Waals surface area contributed by atoms with Crippen LogP contribution in [-0.4, -0.2) is 43.3 Å². The first-order valence-corrected chi connectivity index (χ1v) is 9.60. The Kier molecular flexibility index (Phi) is 6.44. The van der Waals surface area contributed by atoms with Crippen LogP contribution in [0.25, 0.3) is 0 Å². The van der Waals surface area contributed by atoms with Gasteiger partial charge in [-0.1, -0.05) is 43.3 Å². The van der Waals surface area contributed by atoms with E-state index in [0.717, 1.165) is 18.0 Å². The average molecular weight is 359 g/mol. The molecule has 0 aliphatic carbocycles. The molecule has 1 aromatic heterocycles. The second-order valence-corrected chi connectivity index (χ2v) is 7.07. The zero-order valence-electron chi connectivity index (χ0n) is 14.5. The number of thiophene rings is 1. The molecule has 1 aliphatic rings. The number of likely N-dealkylation sites (N-methyl/N-ethyl adjacent to an activating group) is 1. The number of morpholine rings is 1. The summed E-state index contributed by atoms with van der Waals surface area (Å²) in [6.45, 7) is 5.78. The summed E-state index contributed by atoms with van der Waals surface area (Å²) >= 11 is 1.64. The normalized spacial score (nSPS) is 21.0. The lowest BCUT2D eigenvalue weighted by Crippen LogP contribution is -2.50. The van der Waals surface area contributed by atoms with Crippen molar-refractivity contribution in [2.45, 2.75) is 25.6 Å². The number of hydrogen-bond acceptors (Lipinski definition) is 4. The highest BCUT2D eigenvalue weighted by Crippen LogP contribution is 2.28. The van der Waals surface area contributed by atoms with Crippen molar-refractivity contribution >= 4 is 17.4 Å². The molecule has 2 amide bonds. The van der Waals surface area contributed by atoms with Gasteiger partial charge in [0.05, 0.1) is 25.3 Å². The van der Waals surface area contributed by atoms with E-state index in [2.05, 4.69) is 46.7 Å². The Hall–Kier alpha value is -1.89. The third kappa shape index (κ3) is 4.81. The highest BCUT2D eigenvalue weighted by atomic mass is 32.1. The van der Waals surface area contributed by atoms with E-state index in [1.165, 1.54) is 5.56 Å².